The molecule has 25 heavy (non-hydrogen) atoms. The number of nitrogens with two attached hydrogens (primary N) is 3. The Labute approximate surface area is 150 Å². The largest absolute Gasteiger partial charge is 0.370 e. The highest BCUT2D eigenvalue weighted by molar-refractivity contribution is 5.96. The average molecular weight is 349 g/mol. The van der Waals surface area contributed by atoms with Crippen molar-refractivity contribution in [3.63, 3.8) is 0 Å². The lowest BCUT2D eigenvalue weighted by Gasteiger charge is -1.99. The molecular formula is C19H31N3O3. The summed E-state index contributed by atoms with van der Waals surface area (Å²) in [7, 11) is 0. The van der Waals surface area contributed by atoms with Crippen molar-refractivity contribution in [3.05, 3.63) is 35.4 Å². The van der Waals surface area contributed by atoms with Crippen molar-refractivity contribution in [1.29, 1.82) is 0 Å². The van der Waals surface area contributed by atoms with Gasteiger partial charge < -0.3 is 17.2 Å². The molecule has 0 heterocycles. The molecule has 0 saturated heterocycles. The summed E-state index contributed by atoms with van der Waals surface area (Å²) in [6, 6.07) is 5.84. The predicted molar refractivity (Wildman–Crippen MR) is 99.9 cm³/mol. The molecule has 0 radical (unpaired) electrons. The second-order valence-electron chi connectivity index (χ2n) is 6.00. The quantitative estimate of drug-likeness (QED) is 0.531. The van der Waals surface area contributed by atoms with Crippen LogP contribution in [0.2, 0.25) is 0 Å². The molecule has 0 atom stereocenters. The van der Waals surface area contributed by atoms with E-state index < -0.39 is 11.8 Å². The molecule has 0 unspecified atom stereocenters. The Morgan fingerprint density at radius 2 is 1.04 bits per heavy atom. The number of hydrogen-bond donors (Lipinski definition) is 3. The summed E-state index contributed by atoms with van der Waals surface area (Å²) in [5.74, 6) is -1.21. The molecule has 0 saturated carbocycles. The lowest BCUT2D eigenvalue weighted by atomic mass is 10.1. The molecule has 0 aliphatic carbocycles. The fraction of sp³-hybridized carbons (Fsp3) is 0.526. The molecule has 140 valence electrons. The highest BCUT2D eigenvalue weighted by Crippen LogP contribution is 2.09. The molecule has 1 rings (SSSR count). The van der Waals surface area contributed by atoms with Gasteiger partial charge in [-0.1, -0.05) is 51.9 Å². The van der Waals surface area contributed by atoms with Gasteiger partial charge in [-0.2, -0.15) is 0 Å². The van der Waals surface area contributed by atoms with Crippen LogP contribution in [0.5, 0.6) is 0 Å². The van der Waals surface area contributed by atoms with E-state index in [1.165, 1.54) is 62.8 Å². The van der Waals surface area contributed by atoms with E-state index in [9.17, 15) is 14.4 Å². The van der Waals surface area contributed by atoms with Gasteiger partial charge in [0, 0.05) is 17.5 Å². The Morgan fingerprint density at radius 1 is 0.680 bits per heavy atom. The van der Waals surface area contributed by atoms with Crippen molar-refractivity contribution in [2.45, 2.75) is 64.7 Å². The maximum Gasteiger partial charge on any atom is 0.248 e. The monoisotopic (exact) mass is 349 g/mol. The standard InChI is InChI=1S/C11H23NO.C8H8N2O2/c1-2-3-4-5-6-7-8-9-10-11(12)13;9-7(11)5-1-2-6(4-3-5)8(10)12/h2-10H2,1H3,(H2,12,13);1-4H,(H2,9,11)(H2,10,12). The van der Waals surface area contributed by atoms with Crippen LogP contribution in [0.25, 0.3) is 0 Å². The molecule has 0 aliphatic rings. The van der Waals surface area contributed by atoms with Crippen LogP contribution in [-0.4, -0.2) is 17.7 Å². The number of primary amides is 3. The Kier molecular flexibility index (Phi) is 12.7. The number of rotatable bonds is 11. The van der Waals surface area contributed by atoms with Crippen molar-refractivity contribution >= 4 is 17.7 Å². The van der Waals surface area contributed by atoms with Gasteiger partial charge >= 0.3 is 0 Å². The van der Waals surface area contributed by atoms with E-state index in [-0.39, 0.29) is 5.91 Å². The highest BCUT2D eigenvalue weighted by atomic mass is 16.1. The molecule has 3 amide bonds. The van der Waals surface area contributed by atoms with Gasteiger partial charge in [-0.05, 0) is 30.7 Å². The summed E-state index contributed by atoms with van der Waals surface area (Å²) in [4.78, 5) is 31.6. The highest BCUT2D eigenvalue weighted by Gasteiger charge is 2.02. The van der Waals surface area contributed by atoms with Crippen molar-refractivity contribution < 1.29 is 14.4 Å². The first-order valence-electron chi connectivity index (χ1n) is 8.86. The number of unbranched alkanes of at least 4 members (excludes halogenated alkanes) is 7. The normalized spacial score (nSPS) is 9.80. The van der Waals surface area contributed by atoms with Gasteiger partial charge in [0.05, 0.1) is 0 Å². The van der Waals surface area contributed by atoms with Crippen LogP contribution in [0, 0.1) is 0 Å². The minimum Gasteiger partial charge on any atom is -0.370 e. The Hall–Kier alpha value is -2.37. The van der Waals surface area contributed by atoms with Gasteiger partial charge in [0.25, 0.3) is 0 Å². The van der Waals surface area contributed by atoms with E-state index in [1.54, 1.807) is 0 Å². The van der Waals surface area contributed by atoms with E-state index in [4.69, 9.17) is 17.2 Å². The van der Waals surface area contributed by atoms with Gasteiger partial charge in [-0.3, -0.25) is 14.4 Å². The fourth-order valence-corrected chi connectivity index (χ4v) is 2.23. The SMILES string of the molecule is CCCCCCCCCCC(N)=O.NC(=O)c1ccc(C(N)=O)cc1. The van der Waals surface area contributed by atoms with Crippen molar-refractivity contribution in [2.75, 3.05) is 0 Å². The Morgan fingerprint density at radius 3 is 1.36 bits per heavy atom. The third kappa shape index (κ3) is 12.7. The number of carbonyl (C=O) groups excluding carboxylic acids is 3. The number of benzene rings is 1. The van der Waals surface area contributed by atoms with Gasteiger partial charge in [0.2, 0.25) is 17.7 Å². The van der Waals surface area contributed by atoms with Crippen LogP contribution >= 0.6 is 0 Å². The van der Waals surface area contributed by atoms with E-state index in [1.807, 2.05) is 0 Å². The maximum atomic E-state index is 10.6. The lowest BCUT2D eigenvalue weighted by Crippen LogP contribution is -2.13. The van der Waals surface area contributed by atoms with Crippen LogP contribution in [-0.2, 0) is 4.79 Å². The first kappa shape index (κ1) is 22.6. The van der Waals surface area contributed by atoms with Crippen LogP contribution in [0.1, 0.15) is 85.4 Å². The zero-order chi connectivity index (χ0) is 19.1. The van der Waals surface area contributed by atoms with E-state index >= 15 is 0 Å². The molecule has 0 spiro atoms. The van der Waals surface area contributed by atoms with Gasteiger partial charge in [0.15, 0.2) is 0 Å². The van der Waals surface area contributed by atoms with Crippen LogP contribution in [0.3, 0.4) is 0 Å². The van der Waals surface area contributed by atoms with Crippen LogP contribution in [0.15, 0.2) is 24.3 Å². The second-order valence-corrected chi connectivity index (χ2v) is 6.00. The van der Waals surface area contributed by atoms with Gasteiger partial charge in [-0.15, -0.1) is 0 Å². The number of hydrogen-bond acceptors (Lipinski definition) is 3. The molecule has 0 fully saturated rings. The van der Waals surface area contributed by atoms with E-state index in [2.05, 4.69) is 6.92 Å². The second kappa shape index (κ2) is 14.0. The number of carbonyl (C=O) groups is 3. The van der Waals surface area contributed by atoms with E-state index in [0.717, 1.165) is 12.8 Å². The molecule has 0 aliphatic heterocycles. The third-order valence-corrected chi connectivity index (χ3v) is 3.73. The summed E-state index contributed by atoms with van der Waals surface area (Å²) in [5, 5.41) is 0. The molecular weight excluding hydrogens is 318 g/mol. The van der Waals surface area contributed by atoms with Crippen molar-refractivity contribution in [3.8, 4) is 0 Å². The summed E-state index contributed by atoms with van der Waals surface area (Å²) in [5.41, 5.74) is 15.7. The molecule has 6 nitrogen and oxygen atoms in total. The zero-order valence-electron chi connectivity index (χ0n) is 15.1. The maximum absolute atomic E-state index is 10.6. The van der Waals surface area contributed by atoms with Crippen molar-refractivity contribution in [2.24, 2.45) is 17.2 Å². The first-order chi connectivity index (χ1) is 11.9. The first-order valence-corrected chi connectivity index (χ1v) is 8.86. The number of amides is 3. The van der Waals surface area contributed by atoms with Crippen molar-refractivity contribution in [1.82, 2.24) is 0 Å². The predicted octanol–water partition coefficient (Wildman–Crippen LogP) is 2.89. The van der Waals surface area contributed by atoms with Crippen LogP contribution in [0.4, 0.5) is 0 Å². The summed E-state index contributed by atoms with van der Waals surface area (Å²) < 4.78 is 0. The zero-order valence-corrected chi connectivity index (χ0v) is 15.1. The summed E-state index contributed by atoms with van der Waals surface area (Å²) in [6.07, 6.45) is 10.7. The molecule has 0 bridgehead atoms. The molecule has 6 heteroatoms. The smallest absolute Gasteiger partial charge is 0.248 e. The molecule has 0 aromatic heterocycles. The topological polar surface area (TPSA) is 129 Å². The lowest BCUT2D eigenvalue weighted by molar-refractivity contribution is -0.118. The molecule has 6 N–H and O–H groups in total. The van der Waals surface area contributed by atoms with Crippen LogP contribution < -0.4 is 17.2 Å². The minimum atomic E-state index is -0.522. The average Bonchev–Trinajstić information content (AvgIpc) is 2.57. The van der Waals surface area contributed by atoms with Gasteiger partial charge in [0.1, 0.15) is 0 Å². The van der Waals surface area contributed by atoms with Gasteiger partial charge in [-0.25, -0.2) is 0 Å². The Bertz CT molecular complexity index is 494. The third-order valence-electron chi connectivity index (χ3n) is 3.73. The summed E-state index contributed by atoms with van der Waals surface area (Å²) in [6.45, 7) is 2.23. The Balaban J connectivity index is 0.000000462. The minimum absolute atomic E-state index is 0.161. The summed E-state index contributed by atoms with van der Waals surface area (Å²) >= 11 is 0. The van der Waals surface area contributed by atoms with E-state index in [0.29, 0.717) is 17.5 Å². The molecule has 1 aromatic rings. The molecule has 1 aromatic carbocycles. The fourth-order valence-electron chi connectivity index (χ4n) is 2.23.